The molecule has 0 aliphatic carbocycles. The van der Waals surface area contributed by atoms with Gasteiger partial charge < -0.3 is 9.84 Å². The number of carbonyl (C=O) groups excluding carboxylic acids is 1. The van der Waals surface area contributed by atoms with Gasteiger partial charge in [0.2, 0.25) is 0 Å². The van der Waals surface area contributed by atoms with Gasteiger partial charge >= 0.3 is 0 Å². The van der Waals surface area contributed by atoms with Crippen molar-refractivity contribution >= 4 is 34.2 Å². The monoisotopic (exact) mass is 381 g/mol. The van der Waals surface area contributed by atoms with E-state index in [9.17, 15) is 4.79 Å². The zero-order valence-electron chi connectivity index (χ0n) is 15.3. The number of fused-ring (bicyclic) bond motifs is 1. The van der Waals surface area contributed by atoms with Gasteiger partial charge in [-0.05, 0) is 38.5 Å². The van der Waals surface area contributed by atoms with Crippen molar-refractivity contribution in [3.05, 3.63) is 46.6 Å². The predicted octanol–water partition coefficient (Wildman–Crippen LogP) is 4.43. The van der Waals surface area contributed by atoms with Gasteiger partial charge in [-0.15, -0.1) is 11.3 Å². The van der Waals surface area contributed by atoms with E-state index in [-0.39, 0.29) is 5.91 Å². The van der Waals surface area contributed by atoms with Crippen LogP contribution in [0.5, 0.6) is 0 Å². The highest BCUT2D eigenvalue weighted by atomic mass is 32.1. The summed E-state index contributed by atoms with van der Waals surface area (Å²) >= 11 is 1.62. The summed E-state index contributed by atoms with van der Waals surface area (Å²) in [6.07, 6.45) is 2.61. The minimum Gasteiger partial charge on any atom is -0.335 e. The molecule has 4 aromatic rings. The normalized spacial score (nSPS) is 11.2. The number of rotatable bonds is 5. The van der Waals surface area contributed by atoms with Gasteiger partial charge in [-0.1, -0.05) is 12.1 Å². The molecule has 27 heavy (non-hydrogen) atoms. The summed E-state index contributed by atoms with van der Waals surface area (Å²) < 4.78 is 7.13. The van der Waals surface area contributed by atoms with Crippen molar-refractivity contribution in [2.24, 2.45) is 0 Å². The second kappa shape index (κ2) is 6.96. The molecule has 0 aliphatic rings. The quantitative estimate of drug-likeness (QED) is 0.553. The second-order valence-corrected chi connectivity index (χ2v) is 7.60. The predicted molar refractivity (Wildman–Crippen MR) is 105 cm³/mol. The molecule has 0 atom stereocenters. The molecule has 1 N–H and O–H groups in total. The van der Waals surface area contributed by atoms with Crippen molar-refractivity contribution in [2.75, 3.05) is 5.32 Å². The van der Waals surface area contributed by atoms with Gasteiger partial charge in [-0.3, -0.25) is 4.79 Å². The maximum absolute atomic E-state index is 13.1. The fourth-order valence-electron chi connectivity index (χ4n) is 2.98. The fraction of sp³-hybridized carbons (Fsp3) is 0.263. The molecule has 4 rings (SSSR count). The average Bonchev–Trinajstić information content (AvgIpc) is 3.36. The third-order valence-electron chi connectivity index (χ3n) is 4.25. The highest BCUT2D eigenvalue weighted by Crippen LogP contribution is 2.31. The minimum absolute atomic E-state index is 0.235. The molecule has 0 fully saturated rings. The standard InChI is InChI=1S/C19H19N5O2S/c1-4-9-24-16(7-8-20-24)22-18(25)13-10-14(15-6-5-11(2)27-15)21-19-17(13)12(3)23-26-19/h5-8,10H,4,9H2,1-3H3,(H,22,25). The number of thiophene rings is 1. The van der Waals surface area contributed by atoms with E-state index in [4.69, 9.17) is 4.52 Å². The molecule has 1 amide bonds. The number of nitrogens with one attached hydrogen (secondary N) is 1. The van der Waals surface area contributed by atoms with E-state index in [1.165, 1.54) is 4.88 Å². The van der Waals surface area contributed by atoms with Crippen LogP contribution in [0.15, 0.2) is 35.0 Å². The van der Waals surface area contributed by atoms with E-state index in [0.717, 1.165) is 17.8 Å². The fourth-order valence-corrected chi connectivity index (χ4v) is 3.81. The van der Waals surface area contributed by atoms with Crippen LogP contribution in [-0.4, -0.2) is 25.8 Å². The van der Waals surface area contributed by atoms with Crippen molar-refractivity contribution in [1.82, 2.24) is 19.9 Å². The molecule has 0 bridgehead atoms. The third-order valence-corrected chi connectivity index (χ3v) is 5.27. The number of hydrogen-bond donors (Lipinski definition) is 1. The van der Waals surface area contributed by atoms with Gasteiger partial charge in [-0.25, -0.2) is 9.67 Å². The first-order valence-electron chi connectivity index (χ1n) is 8.74. The Kier molecular flexibility index (Phi) is 4.49. The Morgan fingerprint density at radius 2 is 2.15 bits per heavy atom. The molecule has 0 spiro atoms. The first kappa shape index (κ1) is 17.4. The SMILES string of the molecule is CCCn1nccc1NC(=O)c1cc(-c2ccc(C)s2)nc2onc(C)c12. The van der Waals surface area contributed by atoms with Gasteiger partial charge in [0.05, 0.1) is 33.4 Å². The van der Waals surface area contributed by atoms with Crippen LogP contribution < -0.4 is 5.32 Å². The lowest BCUT2D eigenvalue weighted by Crippen LogP contribution is -2.16. The Balaban J connectivity index is 1.78. The van der Waals surface area contributed by atoms with E-state index in [2.05, 4.69) is 27.5 Å². The number of nitrogens with zero attached hydrogens (tertiary/aromatic N) is 4. The van der Waals surface area contributed by atoms with Crippen LogP contribution in [0.4, 0.5) is 5.82 Å². The molecule has 0 aliphatic heterocycles. The van der Waals surface area contributed by atoms with Crippen LogP contribution in [0.2, 0.25) is 0 Å². The number of carbonyl (C=O) groups is 1. The molecular formula is C19H19N5O2S. The van der Waals surface area contributed by atoms with Crippen LogP contribution in [0.1, 0.15) is 34.3 Å². The summed E-state index contributed by atoms with van der Waals surface area (Å²) in [7, 11) is 0. The molecule has 0 radical (unpaired) electrons. The Morgan fingerprint density at radius 3 is 2.89 bits per heavy atom. The lowest BCUT2D eigenvalue weighted by atomic mass is 10.1. The summed E-state index contributed by atoms with van der Waals surface area (Å²) in [5, 5.41) is 11.8. The molecule has 0 saturated carbocycles. The number of amides is 1. The summed E-state index contributed by atoms with van der Waals surface area (Å²) in [6, 6.07) is 7.61. The van der Waals surface area contributed by atoms with E-state index in [0.29, 0.717) is 33.9 Å². The van der Waals surface area contributed by atoms with Gasteiger partial charge in [0.25, 0.3) is 11.6 Å². The Bertz CT molecular complexity index is 1120. The lowest BCUT2D eigenvalue weighted by molar-refractivity contribution is 0.102. The van der Waals surface area contributed by atoms with E-state index in [1.807, 2.05) is 19.1 Å². The lowest BCUT2D eigenvalue weighted by Gasteiger charge is -2.09. The van der Waals surface area contributed by atoms with Crippen LogP contribution in [-0.2, 0) is 6.54 Å². The number of anilines is 1. The minimum atomic E-state index is -0.235. The smallest absolute Gasteiger partial charge is 0.259 e. The first-order chi connectivity index (χ1) is 13.1. The topological polar surface area (TPSA) is 85.8 Å². The third kappa shape index (κ3) is 3.23. The molecular weight excluding hydrogens is 362 g/mol. The highest BCUT2D eigenvalue weighted by Gasteiger charge is 2.20. The Hall–Kier alpha value is -3.00. The molecule has 4 aromatic heterocycles. The maximum atomic E-state index is 13.1. The van der Waals surface area contributed by atoms with Crippen molar-refractivity contribution in [2.45, 2.75) is 33.7 Å². The average molecular weight is 381 g/mol. The number of aryl methyl sites for hydroxylation is 3. The molecule has 0 aromatic carbocycles. The summed E-state index contributed by atoms with van der Waals surface area (Å²) in [4.78, 5) is 19.8. The van der Waals surface area contributed by atoms with Crippen LogP contribution >= 0.6 is 11.3 Å². The number of aromatic nitrogens is 4. The summed E-state index contributed by atoms with van der Waals surface area (Å²) in [6.45, 7) is 6.64. The van der Waals surface area contributed by atoms with Crippen molar-refractivity contribution in [3.63, 3.8) is 0 Å². The number of pyridine rings is 1. The van der Waals surface area contributed by atoms with Gasteiger partial charge in [0.15, 0.2) is 0 Å². The zero-order valence-corrected chi connectivity index (χ0v) is 16.1. The highest BCUT2D eigenvalue weighted by molar-refractivity contribution is 7.15. The van der Waals surface area contributed by atoms with E-state index >= 15 is 0 Å². The molecule has 138 valence electrons. The van der Waals surface area contributed by atoms with Crippen LogP contribution in [0.3, 0.4) is 0 Å². The Labute approximate surface area is 160 Å². The number of hydrogen-bond acceptors (Lipinski definition) is 6. The largest absolute Gasteiger partial charge is 0.335 e. The van der Waals surface area contributed by atoms with E-state index < -0.39 is 0 Å². The second-order valence-electron chi connectivity index (χ2n) is 6.31. The first-order valence-corrected chi connectivity index (χ1v) is 9.55. The molecule has 0 saturated heterocycles. The van der Waals surface area contributed by atoms with Gasteiger partial charge in [0.1, 0.15) is 5.82 Å². The van der Waals surface area contributed by atoms with Crippen LogP contribution in [0.25, 0.3) is 21.7 Å². The van der Waals surface area contributed by atoms with E-state index in [1.54, 1.807) is 41.3 Å². The summed E-state index contributed by atoms with van der Waals surface area (Å²) in [5.74, 6) is 0.426. The molecule has 7 nitrogen and oxygen atoms in total. The van der Waals surface area contributed by atoms with Crippen molar-refractivity contribution < 1.29 is 9.32 Å². The maximum Gasteiger partial charge on any atom is 0.259 e. The summed E-state index contributed by atoms with van der Waals surface area (Å²) in [5.41, 5.74) is 2.19. The molecule has 0 unspecified atom stereocenters. The Morgan fingerprint density at radius 1 is 1.30 bits per heavy atom. The van der Waals surface area contributed by atoms with Crippen molar-refractivity contribution in [1.29, 1.82) is 0 Å². The van der Waals surface area contributed by atoms with Gasteiger partial charge in [0, 0.05) is 17.5 Å². The zero-order chi connectivity index (χ0) is 19.0. The van der Waals surface area contributed by atoms with Crippen LogP contribution in [0, 0.1) is 13.8 Å². The molecule has 8 heteroatoms. The van der Waals surface area contributed by atoms with Crippen molar-refractivity contribution in [3.8, 4) is 10.6 Å². The van der Waals surface area contributed by atoms with Gasteiger partial charge in [-0.2, -0.15) is 5.10 Å². The molecule has 4 heterocycles.